The molecule has 1 aromatic carbocycles. The maximum Gasteiger partial charge on any atom is 0.313 e. The lowest BCUT2D eigenvalue weighted by Crippen LogP contribution is -2.31. The average Bonchev–Trinajstić information content (AvgIpc) is 3.17. The molecule has 3 heterocycles. The van der Waals surface area contributed by atoms with Gasteiger partial charge in [0.05, 0.1) is 24.3 Å². The minimum absolute atomic E-state index is 0.0248. The van der Waals surface area contributed by atoms with Crippen molar-refractivity contribution in [2.45, 2.75) is 19.3 Å². The molecule has 4 heteroatoms. The van der Waals surface area contributed by atoms with Gasteiger partial charge in [-0.1, -0.05) is 18.2 Å². The van der Waals surface area contributed by atoms with Gasteiger partial charge >= 0.3 is 5.97 Å². The van der Waals surface area contributed by atoms with Gasteiger partial charge in [0.1, 0.15) is 0 Å². The second kappa shape index (κ2) is 4.54. The van der Waals surface area contributed by atoms with Crippen molar-refractivity contribution in [3.63, 3.8) is 0 Å². The third-order valence-corrected chi connectivity index (χ3v) is 6.53. The summed E-state index contributed by atoms with van der Waals surface area (Å²) in [6.45, 7) is 5.55. The fourth-order valence-electron chi connectivity index (χ4n) is 4.22. The van der Waals surface area contributed by atoms with Gasteiger partial charge in [-0.2, -0.15) is 0 Å². The summed E-state index contributed by atoms with van der Waals surface area (Å²) in [4.78, 5) is 16.8. The molecule has 2 unspecified atom stereocenters. The number of benzene rings is 1. The second-order valence-corrected chi connectivity index (χ2v) is 7.91. The number of carbonyl (C=O) groups is 1. The maximum absolute atomic E-state index is 12.5. The number of nitrogens with zero attached hydrogens (tertiary/aromatic N) is 1. The maximum atomic E-state index is 12.5. The number of rotatable bonds is 3. The third kappa shape index (κ3) is 1.94. The Balaban J connectivity index is 1.58. The first-order valence-electron chi connectivity index (χ1n) is 8.03. The highest BCUT2D eigenvalue weighted by Gasteiger charge is 2.56. The van der Waals surface area contributed by atoms with E-state index in [0.29, 0.717) is 12.5 Å². The van der Waals surface area contributed by atoms with Crippen LogP contribution in [0.4, 0.5) is 0 Å². The van der Waals surface area contributed by atoms with Crippen molar-refractivity contribution in [1.82, 2.24) is 0 Å². The molecule has 0 spiro atoms. The Labute approximate surface area is 138 Å². The molecule has 3 nitrogen and oxygen atoms in total. The van der Waals surface area contributed by atoms with Crippen LogP contribution in [0, 0.1) is 11.3 Å². The van der Waals surface area contributed by atoms with Crippen molar-refractivity contribution in [2.24, 2.45) is 16.3 Å². The van der Waals surface area contributed by atoms with Gasteiger partial charge in [-0.3, -0.25) is 9.79 Å². The Kier molecular flexibility index (Phi) is 2.66. The van der Waals surface area contributed by atoms with Crippen molar-refractivity contribution in [2.75, 3.05) is 13.2 Å². The number of carbonyl (C=O) groups excluding carboxylic acids is 1. The smallest absolute Gasteiger partial charge is 0.313 e. The summed E-state index contributed by atoms with van der Waals surface area (Å²) in [6, 6.07) is 6.56. The van der Waals surface area contributed by atoms with Gasteiger partial charge in [-0.15, -0.1) is 11.3 Å². The Hall–Kier alpha value is -1.94. The first-order valence-corrected chi connectivity index (χ1v) is 8.91. The number of hydrogen-bond donors (Lipinski definition) is 0. The van der Waals surface area contributed by atoms with E-state index in [1.165, 1.54) is 32.5 Å². The fraction of sp³-hybridized carbons (Fsp3) is 0.368. The molecule has 2 atom stereocenters. The molecular weight excluding hydrogens is 306 g/mol. The van der Waals surface area contributed by atoms with E-state index in [9.17, 15) is 4.79 Å². The summed E-state index contributed by atoms with van der Waals surface area (Å²) in [7, 11) is 0. The molecule has 0 bridgehead atoms. The molecule has 1 saturated heterocycles. The van der Waals surface area contributed by atoms with Crippen LogP contribution in [-0.2, 0) is 16.0 Å². The number of aliphatic imine (C=N–C) groups is 1. The van der Waals surface area contributed by atoms with Gasteiger partial charge in [0.25, 0.3) is 0 Å². The zero-order valence-electron chi connectivity index (χ0n) is 12.8. The molecule has 23 heavy (non-hydrogen) atoms. The molecule has 5 rings (SSSR count). The van der Waals surface area contributed by atoms with Crippen LogP contribution in [0.5, 0.6) is 0 Å². The highest BCUT2D eigenvalue weighted by Crippen LogP contribution is 2.53. The number of allylic oxidation sites excluding steroid dienone is 1. The highest BCUT2D eigenvalue weighted by atomic mass is 32.1. The molecule has 1 saturated carbocycles. The molecule has 2 aromatic rings. The molecule has 1 aliphatic carbocycles. The SMILES string of the molecule is C=C1CC2COC(=O)C2(Cc2csc3ccc(C4=NC4)cc23)C1. The lowest BCUT2D eigenvalue weighted by Gasteiger charge is -2.23. The summed E-state index contributed by atoms with van der Waals surface area (Å²) in [5.74, 6) is 0.275. The molecular formula is C19H17NO2S. The number of thiophene rings is 1. The van der Waals surface area contributed by atoms with Gasteiger partial charge < -0.3 is 4.74 Å². The van der Waals surface area contributed by atoms with Crippen molar-refractivity contribution in [3.8, 4) is 0 Å². The van der Waals surface area contributed by atoms with E-state index in [1.54, 1.807) is 11.3 Å². The minimum Gasteiger partial charge on any atom is -0.465 e. The Morgan fingerprint density at radius 2 is 2.30 bits per heavy atom. The van der Waals surface area contributed by atoms with Crippen molar-refractivity contribution in [3.05, 3.63) is 46.9 Å². The quantitative estimate of drug-likeness (QED) is 0.637. The van der Waals surface area contributed by atoms with Crippen LogP contribution in [0.2, 0.25) is 0 Å². The molecule has 3 aliphatic rings. The van der Waals surface area contributed by atoms with Gasteiger partial charge in [0.15, 0.2) is 0 Å². The van der Waals surface area contributed by atoms with Crippen molar-refractivity contribution < 1.29 is 9.53 Å². The van der Waals surface area contributed by atoms with Gasteiger partial charge in [-0.05, 0) is 53.3 Å². The lowest BCUT2D eigenvalue weighted by molar-refractivity contribution is -0.146. The van der Waals surface area contributed by atoms with E-state index in [2.05, 4.69) is 35.2 Å². The third-order valence-electron chi connectivity index (χ3n) is 5.51. The van der Waals surface area contributed by atoms with E-state index in [-0.39, 0.29) is 11.4 Å². The number of fused-ring (bicyclic) bond motifs is 2. The van der Waals surface area contributed by atoms with Crippen molar-refractivity contribution in [1.29, 1.82) is 0 Å². The summed E-state index contributed by atoms with van der Waals surface area (Å²) < 4.78 is 6.69. The predicted molar refractivity (Wildman–Crippen MR) is 92.2 cm³/mol. The Morgan fingerprint density at radius 3 is 3.13 bits per heavy atom. The predicted octanol–water partition coefficient (Wildman–Crippen LogP) is 3.76. The van der Waals surface area contributed by atoms with Crippen LogP contribution in [0.1, 0.15) is 24.0 Å². The molecule has 116 valence electrons. The van der Waals surface area contributed by atoms with Crippen LogP contribution in [-0.4, -0.2) is 24.8 Å². The lowest BCUT2D eigenvalue weighted by atomic mass is 9.75. The number of hydrogen-bond acceptors (Lipinski definition) is 4. The monoisotopic (exact) mass is 323 g/mol. The molecule has 0 N–H and O–H groups in total. The molecule has 0 radical (unpaired) electrons. The largest absolute Gasteiger partial charge is 0.465 e. The number of cyclic esters (lactones) is 1. The van der Waals surface area contributed by atoms with Crippen LogP contribution in [0.15, 0.2) is 40.7 Å². The topological polar surface area (TPSA) is 38.7 Å². The Bertz CT molecular complexity index is 894. The number of esters is 1. The normalized spacial score (nSPS) is 28.9. The van der Waals surface area contributed by atoms with Gasteiger partial charge in [0.2, 0.25) is 0 Å². The zero-order chi connectivity index (χ0) is 15.6. The standard InChI is InChI=1S/C19H17NO2S/c1-11-4-14-9-22-18(21)19(14,6-11)7-13-10-23-17-3-2-12(5-15(13)17)16-8-20-16/h2-3,5,10,14H,1,4,6-9H2. The average molecular weight is 323 g/mol. The van der Waals surface area contributed by atoms with E-state index in [1.807, 2.05) is 0 Å². The minimum atomic E-state index is -0.377. The molecule has 2 aliphatic heterocycles. The van der Waals surface area contributed by atoms with E-state index < -0.39 is 0 Å². The van der Waals surface area contributed by atoms with Crippen molar-refractivity contribution >= 4 is 33.1 Å². The first kappa shape index (κ1) is 13.5. The Morgan fingerprint density at radius 1 is 1.43 bits per heavy atom. The summed E-state index contributed by atoms with van der Waals surface area (Å²) in [5, 5.41) is 3.48. The summed E-state index contributed by atoms with van der Waals surface area (Å²) >= 11 is 1.76. The molecule has 0 amide bonds. The second-order valence-electron chi connectivity index (χ2n) is 6.99. The summed E-state index contributed by atoms with van der Waals surface area (Å²) in [5.41, 5.74) is 4.49. The van der Waals surface area contributed by atoms with Crippen LogP contribution in [0.3, 0.4) is 0 Å². The fourth-order valence-corrected chi connectivity index (χ4v) is 5.17. The van der Waals surface area contributed by atoms with Crippen LogP contribution < -0.4 is 0 Å². The first-order chi connectivity index (χ1) is 11.2. The van der Waals surface area contributed by atoms with Crippen LogP contribution >= 0.6 is 11.3 Å². The van der Waals surface area contributed by atoms with Crippen LogP contribution in [0.25, 0.3) is 10.1 Å². The van der Waals surface area contributed by atoms with Gasteiger partial charge in [0, 0.05) is 10.6 Å². The zero-order valence-corrected chi connectivity index (χ0v) is 13.6. The molecule has 2 fully saturated rings. The van der Waals surface area contributed by atoms with E-state index in [0.717, 1.165) is 25.8 Å². The molecule has 1 aromatic heterocycles. The highest BCUT2D eigenvalue weighted by molar-refractivity contribution is 7.17. The van der Waals surface area contributed by atoms with Gasteiger partial charge in [-0.25, -0.2) is 0 Å². The van der Waals surface area contributed by atoms with E-state index in [4.69, 9.17) is 4.74 Å². The number of ether oxygens (including phenoxy) is 1. The summed E-state index contributed by atoms with van der Waals surface area (Å²) in [6.07, 6.45) is 2.47. The van der Waals surface area contributed by atoms with E-state index >= 15 is 0 Å².